The van der Waals surface area contributed by atoms with Crippen LogP contribution in [0.3, 0.4) is 0 Å². The largest absolute Gasteiger partial charge is 0.489 e. The fraction of sp³-hybridized carbons (Fsp3) is 0.300. The molecule has 0 aromatic heterocycles. The van der Waals surface area contributed by atoms with Gasteiger partial charge in [0.2, 0.25) is 0 Å². The second kappa shape index (κ2) is 8.88. The van der Waals surface area contributed by atoms with Crippen molar-refractivity contribution >= 4 is 6.09 Å². The van der Waals surface area contributed by atoms with Gasteiger partial charge in [0.05, 0.1) is 12.7 Å². The molecule has 1 atom stereocenters. The molecule has 0 aliphatic rings. The highest BCUT2D eigenvalue weighted by molar-refractivity contribution is 5.66. The van der Waals surface area contributed by atoms with E-state index in [-0.39, 0.29) is 6.42 Å². The van der Waals surface area contributed by atoms with Crippen molar-refractivity contribution in [3.8, 4) is 11.8 Å². The zero-order valence-corrected chi connectivity index (χ0v) is 14.6. The standard InChI is InChI=1S/C20H22N2O4/c1-15-4-2-3-5-17(15)12-26-18-8-6-16(7-9-18)10-11-20(13-21,14-23)22-19(24)25/h2-9,22-23H,10-12,14H2,1H3,(H,24,25). The fourth-order valence-electron chi connectivity index (χ4n) is 2.55. The number of benzene rings is 2. The normalized spacial score (nSPS) is 12.7. The third-order valence-corrected chi connectivity index (χ3v) is 4.25. The number of carboxylic acid groups (broad SMARTS) is 1. The molecule has 6 nitrogen and oxygen atoms in total. The van der Waals surface area contributed by atoms with Crippen LogP contribution in [0.25, 0.3) is 0 Å². The molecule has 136 valence electrons. The SMILES string of the molecule is Cc1ccccc1COc1ccc(CCC(C#N)(CO)NC(=O)O)cc1. The van der Waals surface area contributed by atoms with Crippen LogP contribution in [0.1, 0.15) is 23.1 Å². The molecule has 1 unspecified atom stereocenters. The van der Waals surface area contributed by atoms with Crippen molar-refractivity contribution < 1.29 is 19.7 Å². The monoisotopic (exact) mass is 354 g/mol. The lowest BCUT2D eigenvalue weighted by atomic mass is 9.93. The van der Waals surface area contributed by atoms with Gasteiger partial charge in [-0.2, -0.15) is 5.26 Å². The van der Waals surface area contributed by atoms with Crippen molar-refractivity contribution in [2.24, 2.45) is 0 Å². The average Bonchev–Trinajstić information content (AvgIpc) is 2.65. The number of hydrogen-bond acceptors (Lipinski definition) is 4. The number of nitriles is 1. The molecule has 0 heterocycles. The minimum atomic E-state index is -1.49. The number of nitrogens with zero attached hydrogens (tertiary/aromatic N) is 1. The number of hydrogen-bond donors (Lipinski definition) is 3. The van der Waals surface area contributed by atoms with E-state index < -0.39 is 18.2 Å². The Morgan fingerprint density at radius 2 is 1.92 bits per heavy atom. The highest BCUT2D eigenvalue weighted by Crippen LogP contribution is 2.19. The summed E-state index contributed by atoms with van der Waals surface area (Å²) in [6.45, 7) is 1.94. The van der Waals surface area contributed by atoms with E-state index in [2.05, 4.69) is 5.32 Å². The molecule has 6 heteroatoms. The summed E-state index contributed by atoms with van der Waals surface area (Å²) in [7, 11) is 0. The predicted molar refractivity (Wildman–Crippen MR) is 96.9 cm³/mol. The Hall–Kier alpha value is -3.04. The van der Waals surface area contributed by atoms with Crippen LogP contribution in [0.15, 0.2) is 48.5 Å². The average molecular weight is 354 g/mol. The van der Waals surface area contributed by atoms with E-state index in [0.29, 0.717) is 13.0 Å². The summed E-state index contributed by atoms with van der Waals surface area (Å²) in [5.74, 6) is 0.731. The smallest absolute Gasteiger partial charge is 0.406 e. The molecule has 2 aromatic rings. The van der Waals surface area contributed by atoms with E-state index in [4.69, 9.17) is 9.84 Å². The molecule has 0 spiro atoms. The zero-order chi connectivity index (χ0) is 19.0. The minimum absolute atomic E-state index is 0.176. The molecule has 0 fully saturated rings. The molecule has 2 aromatic carbocycles. The Morgan fingerprint density at radius 1 is 1.23 bits per heavy atom. The van der Waals surface area contributed by atoms with Gasteiger partial charge in [-0.25, -0.2) is 4.79 Å². The predicted octanol–water partition coefficient (Wildman–Crippen LogP) is 3.03. The maximum absolute atomic E-state index is 10.8. The van der Waals surface area contributed by atoms with Gasteiger partial charge in [-0.05, 0) is 48.6 Å². The van der Waals surface area contributed by atoms with E-state index in [1.807, 2.05) is 61.5 Å². The minimum Gasteiger partial charge on any atom is -0.489 e. The number of aliphatic hydroxyl groups excluding tert-OH is 1. The van der Waals surface area contributed by atoms with E-state index in [0.717, 1.165) is 16.9 Å². The maximum Gasteiger partial charge on any atom is 0.406 e. The summed E-state index contributed by atoms with van der Waals surface area (Å²) in [4.78, 5) is 10.8. The molecule has 0 saturated carbocycles. The van der Waals surface area contributed by atoms with Gasteiger partial charge < -0.3 is 20.3 Å². The summed E-state index contributed by atoms with van der Waals surface area (Å²) in [6.07, 6.45) is -0.706. The van der Waals surface area contributed by atoms with Crippen LogP contribution in [0.5, 0.6) is 5.75 Å². The summed E-state index contributed by atoms with van der Waals surface area (Å²) >= 11 is 0. The molecule has 3 N–H and O–H groups in total. The van der Waals surface area contributed by atoms with Crippen molar-refractivity contribution in [1.29, 1.82) is 5.26 Å². The van der Waals surface area contributed by atoms with Crippen molar-refractivity contribution in [3.05, 3.63) is 65.2 Å². The van der Waals surface area contributed by atoms with Crippen LogP contribution in [0.2, 0.25) is 0 Å². The van der Waals surface area contributed by atoms with Crippen LogP contribution < -0.4 is 10.1 Å². The Bertz CT molecular complexity index is 783. The van der Waals surface area contributed by atoms with Gasteiger partial charge in [-0.15, -0.1) is 0 Å². The third kappa shape index (κ3) is 5.23. The highest BCUT2D eigenvalue weighted by Gasteiger charge is 2.31. The first kappa shape index (κ1) is 19.3. The summed E-state index contributed by atoms with van der Waals surface area (Å²) in [5.41, 5.74) is 1.73. The topological polar surface area (TPSA) is 103 Å². The van der Waals surface area contributed by atoms with Gasteiger partial charge in [0.15, 0.2) is 5.54 Å². The zero-order valence-electron chi connectivity index (χ0n) is 14.6. The molecule has 2 rings (SSSR count). The number of rotatable bonds is 8. The summed E-state index contributed by atoms with van der Waals surface area (Å²) in [6, 6.07) is 17.3. The van der Waals surface area contributed by atoms with E-state index in [1.165, 1.54) is 5.56 Å². The molecule has 0 bridgehead atoms. The number of aryl methyl sites for hydroxylation is 2. The van der Waals surface area contributed by atoms with Crippen LogP contribution in [0.4, 0.5) is 4.79 Å². The molecule has 0 aliphatic carbocycles. The molecular weight excluding hydrogens is 332 g/mol. The van der Waals surface area contributed by atoms with Crippen molar-refractivity contribution in [2.45, 2.75) is 31.9 Å². The third-order valence-electron chi connectivity index (χ3n) is 4.25. The number of aliphatic hydroxyl groups is 1. The van der Waals surface area contributed by atoms with Gasteiger partial charge in [0.1, 0.15) is 12.4 Å². The Kier molecular flexibility index (Phi) is 6.59. The van der Waals surface area contributed by atoms with Crippen molar-refractivity contribution in [1.82, 2.24) is 5.32 Å². The van der Waals surface area contributed by atoms with Crippen molar-refractivity contribution in [2.75, 3.05) is 6.61 Å². The lowest BCUT2D eigenvalue weighted by Gasteiger charge is -2.23. The van der Waals surface area contributed by atoms with Crippen LogP contribution >= 0.6 is 0 Å². The Balaban J connectivity index is 1.94. The number of carbonyl (C=O) groups is 1. The Morgan fingerprint density at radius 3 is 2.50 bits per heavy atom. The molecule has 0 aliphatic heterocycles. The lowest BCUT2D eigenvalue weighted by Crippen LogP contribution is -2.50. The number of ether oxygens (including phenoxy) is 1. The second-order valence-electron chi connectivity index (χ2n) is 6.14. The van der Waals surface area contributed by atoms with Gasteiger partial charge in [0, 0.05) is 0 Å². The first-order valence-corrected chi connectivity index (χ1v) is 8.27. The number of nitrogens with one attached hydrogen (secondary N) is 1. The van der Waals surface area contributed by atoms with E-state index in [1.54, 1.807) is 0 Å². The van der Waals surface area contributed by atoms with Crippen molar-refractivity contribution in [3.63, 3.8) is 0 Å². The molecule has 1 amide bonds. The molecular formula is C20H22N2O4. The molecule has 26 heavy (non-hydrogen) atoms. The quantitative estimate of drug-likeness (QED) is 0.676. The highest BCUT2D eigenvalue weighted by atomic mass is 16.5. The fourth-order valence-corrected chi connectivity index (χ4v) is 2.55. The van der Waals surface area contributed by atoms with Gasteiger partial charge in [-0.1, -0.05) is 36.4 Å². The maximum atomic E-state index is 10.8. The summed E-state index contributed by atoms with van der Waals surface area (Å²) in [5, 5.41) is 29.5. The van der Waals surface area contributed by atoms with Gasteiger partial charge >= 0.3 is 6.09 Å². The first-order chi connectivity index (χ1) is 12.5. The van der Waals surface area contributed by atoms with Crippen LogP contribution in [-0.2, 0) is 13.0 Å². The van der Waals surface area contributed by atoms with E-state index in [9.17, 15) is 15.2 Å². The Labute approximate surface area is 152 Å². The van der Waals surface area contributed by atoms with E-state index >= 15 is 0 Å². The van der Waals surface area contributed by atoms with Gasteiger partial charge in [0.25, 0.3) is 0 Å². The number of amides is 1. The van der Waals surface area contributed by atoms with Gasteiger partial charge in [-0.3, -0.25) is 0 Å². The lowest BCUT2D eigenvalue weighted by molar-refractivity contribution is 0.157. The second-order valence-corrected chi connectivity index (χ2v) is 6.14. The first-order valence-electron chi connectivity index (χ1n) is 8.27. The summed E-state index contributed by atoms with van der Waals surface area (Å²) < 4.78 is 5.79. The van der Waals surface area contributed by atoms with Crippen LogP contribution in [-0.4, -0.2) is 28.5 Å². The van der Waals surface area contributed by atoms with Crippen LogP contribution in [0, 0.1) is 18.3 Å². The molecule has 0 radical (unpaired) electrons. The molecule has 0 saturated heterocycles.